The second kappa shape index (κ2) is 6.51. The van der Waals surface area contributed by atoms with Crippen LogP contribution in [0.3, 0.4) is 0 Å². The molecule has 1 aromatic carbocycles. The molecule has 3 heterocycles. The highest BCUT2D eigenvalue weighted by molar-refractivity contribution is 5.77. The fraction of sp³-hybridized carbons (Fsp3) is 0.278. The summed E-state index contributed by atoms with van der Waals surface area (Å²) in [6.07, 6.45) is 3.09. The zero-order valence-corrected chi connectivity index (χ0v) is 13.4. The van der Waals surface area contributed by atoms with Crippen LogP contribution in [0.25, 0.3) is 11.6 Å². The van der Waals surface area contributed by atoms with Crippen LogP contribution in [0.15, 0.2) is 51.6 Å². The molecule has 6 nitrogen and oxygen atoms in total. The number of benzene rings is 1. The third-order valence-electron chi connectivity index (χ3n) is 4.36. The number of halogens is 1. The summed E-state index contributed by atoms with van der Waals surface area (Å²) in [5.41, 5.74) is 0.957. The van der Waals surface area contributed by atoms with Crippen LogP contribution in [0.4, 0.5) is 4.39 Å². The molecule has 1 atom stereocenters. The van der Waals surface area contributed by atoms with E-state index in [1.165, 1.54) is 18.4 Å². The highest BCUT2D eigenvalue weighted by Crippen LogP contribution is 2.33. The van der Waals surface area contributed by atoms with Crippen molar-refractivity contribution in [3.05, 3.63) is 59.9 Å². The number of aromatic nitrogens is 2. The van der Waals surface area contributed by atoms with E-state index in [9.17, 15) is 9.18 Å². The van der Waals surface area contributed by atoms with Crippen molar-refractivity contribution in [1.82, 2.24) is 15.0 Å². The third kappa shape index (κ3) is 3.17. The molecule has 7 heteroatoms. The van der Waals surface area contributed by atoms with Crippen LogP contribution in [0, 0.1) is 5.82 Å². The van der Waals surface area contributed by atoms with Gasteiger partial charge in [0.25, 0.3) is 0 Å². The second-order valence-electron chi connectivity index (χ2n) is 5.93. The van der Waals surface area contributed by atoms with Crippen LogP contribution < -0.4 is 0 Å². The molecule has 1 amide bonds. The Morgan fingerprint density at radius 1 is 1.28 bits per heavy atom. The lowest BCUT2D eigenvalue weighted by Crippen LogP contribution is -2.45. The number of hydrogen-bond acceptors (Lipinski definition) is 5. The molecule has 4 rings (SSSR count). The Hall–Kier alpha value is -2.96. The smallest absolute Gasteiger partial charge is 0.238 e. The summed E-state index contributed by atoms with van der Waals surface area (Å²) < 4.78 is 23.4. The van der Waals surface area contributed by atoms with Crippen molar-refractivity contribution in [2.45, 2.75) is 25.3 Å². The normalized spacial score (nSPS) is 16.7. The first kappa shape index (κ1) is 15.6. The van der Waals surface area contributed by atoms with Gasteiger partial charge >= 0.3 is 0 Å². The Balaban J connectivity index is 1.35. The van der Waals surface area contributed by atoms with Gasteiger partial charge in [0.05, 0.1) is 12.3 Å². The van der Waals surface area contributed by atoms with E-state index in [1.807, 2.05) is 0 Å². The zero-order chi connectivity index (χ0) is 17.2. The lowest BCUT2D eigenvalue weighted by molar-refractivity contribution is -0.139. The molecule has 3 aromatic rings. The van der Waals surface area contributed by atoms with E-state index in [4.69, 9.17) is 8.94 Å². The molecule has 0 aliphatic carbocycles. The second-order valence-corrected chi connectivity index (χ2v) is 5.93. The van der Waals surface area contributed by atoms with Crippen molar-refractivity contribution in [2.24, 2.45) is 0 Å². The van der Waals surface area contributed by atoms with E-state index >= 15 is 0 Å². The number of carbonyl (C=O) groups is 1. The summed E-state index contributed by atoms with van der Waals surface area (Å²) >= 11 is 0. The number of furan rings is 1. The van der Waals surface area contributed by atoms with E-state index in [-0.39, 0.29) is 24.2 Å². The number of likely N-dealkylation sites (tertiary alicyclic amines) is 1. The molecule has 25 heavy (non-hydrogen) atoms. The van der Waals surface area contributed by atoms with Crippen LogP contribution in [-0.4, -0.2) is 27.5 Å². The average molecular weight is 341 g/mol. The monoisotopic (exact) mass is 341 g/mol. The van der Waals surface area contributed by atoms with Crippen LogP contribution in [0.1, 0.15) is 30.3 Å². The molecule has 1 aliphatic rings. The predicted octanol–water partition coefficient (Wildman–Crippen LogP) is 3.37. The van der Waals surface area contributed by atoms with Crippen molar-refractivity contribution in [3.63, 3.8) is 0 Å². The number of nitrogens with zero attached hydrogens (tertiary/aromatic N) is 3. The quantitative estimate of drug-likeness (QED) is 0.711. The van der Waals surface area contributed by atoms with Gasteiger partial charge in [-0.25, -0.2) is 4.39 Å². The molecule has 0 bridgehead atoms. The molecular formula is C18H16FN3O3. The Kier molecular flexibility index (Phi) is 4.05. The maximum atomic E-state index is 13.0. The largest absolute Gasteiger partial charge is 0.461 e. The molecule has 1 fully saturated rings. The molecular weight excluding hydrogens is 325 g/mol. The minimum atomic E-state index is -0.273. The topological polar surface area (TPSA) is 72.4 Å². The van der Waals surface area contributed by atoms with Gasteiger partial charge in [0, 0.05) is 19.4 Å². The van der Waals surface area contributed by atoms with E-state index in [0.717, 1.165) is 12.0 Å². The van der Waals surface area contributed by atoms with E-state index in [0.29, 0.717) is 30.4 Å². The fourth-order valence-electron chi connectivity index (χ4n) is 2.94. The molecule has 1 saturated heterocycles. The number of hydrogen-bond donors (Lipinski definition) is 0. The first-order chi connectivity index (χ1) is 12.2. The molecule has 0 saturated carbocycles. The SMILES string of the molecule is O=C(CCc1nc(-c2ccco2)no1)N1CCC1c1ccc(F)cc1. The van der Waals surface area contributed by atoms with Crippen LogP contribution in [0.2, 0.25) is 0 Å². The summed E-state index contributed by atoms with van der Waals surface area (Å²) in [4.78, 5) is 18.5. The highest BCUT2D eigenvalue weighted by Gasteiger charge is 2.33. The highest BCUT2D eigenvalue weighted by atomic mass is 19.1. The Bertz CT molecular complexity index is 858. The summed E-state index contributed by atoms with van der Waals surface area (Å²) in [6, 6.07) is 9.81. The number of aryl methyl sites for hydroxylation is 1. The molecule has 0 N–H and O–H groups in total. The van der Waals surface area contributed by atoms with Gasteiger partial charge in [-0.2, -0.15) is 4.98 Å². The summed E-state index contributed by atoms with van der Waals surface area (Å²) in [5.74, 6) is 1.06. The maximum absolute atomic E-state index is 13.0. The van der Waals surface area contributed by atoms with Gasteiger partial charge in [0.2, 0.25) is 17.6 Å². The van der Waals surface area contributed by atoms with Gasteiger partial charge in [-0.05, 0) is 36.2 Å². The van der Waals surface area contributed by atoms with Gasteiger partial charge in [0.15, 0.2) is 5.76 Å². The van der Waals surface area contributed by atoms with E-state index in [2.05, 4.69) is 10.1 Å². The molecule has 2 aromatic heterocycles. The minimum absolute atomic E-state index is 0.0227. The van der Waals surface area contributed by atoms with Crippen molar-refractivity contribution in [3.8, 4) is 11.6 Å². The van der Waals surface area contributed by atoms with Crippen molar-refractivity contribution in [1.29, 1.82) is 0 Å². The standard InChI is InChI=1S/C18H16FN3O3/c19-13-5-3-12(4-6-13)14-9-10-22(14)17(23)8-7-16-20-18(21-25-16)15-2-1-11-24-15/h1-6,11,14H,7-10H2. The fourth-order valence-corrected chi connectivity index (χ4v) is 2.94. The average Bonchev–Trinajstić information content (AvgIpc) is 3.25. The van der Waals surface area contributed by atoms with Gasteiger partial charge in [-0.1, -0.05) is 17.3 Å². The van der Waals surface area contributed by atoms with Crippen LogP contribution in [0.5, 0.6) is 0 Å². The first-order valence-corrected chi connectivity index (χ1v) is 8.12. The lowest BCUT2D eigenvalue weighted by atomic mass is 9.94. The van der Waals surface area contributed by atoms with Gasteiger partial charge in [-0.15, -0.1) is 0 Å². The zero-order valence-electron chi connectivity index (χ0n) is 13.4. The Morgan fingerprint density at radius 2 is 2.12 bits per heavy atom. The number of carbonyl (C=O) groups excluding carboxylic acids is 1. The Morgan fingerprint density at radius 3 is 2.80 bits per heavy atom. The molecule has 0 radical (unpaired) electrons. The molecule has 128 valence electrons. The third-order valence-corrected chi connectivity index (χ3v) is 4.36. The van der Waals surface area contributed by atoms with Crippen molar-refractivity contribution in [2.75, 3.05) is 6.54 Å². The minimum Gasteiger partial charge on any atom is -0.461 e. The van der Waals surface area contributed by atoms with E-state index in [1.54, 1.807) is 29.2 Å². The molecule has 1 aliphatic heterocycles. The van der Waals surface area contributed by atoms with Crippen LogP contribution in [-0.2, 0) is 11.2 Å². The number of amides is 1. The lowest BCUT2D eigenvalue weighted by Gasteiger charge is -2.41. The Labute approximate surface area is 143 Å². The van der Waals surface area contributed by atoms with Crippen molar-refractivity contribution >= 4 is 5.91 Å². The van der Waals surface area contributed by atoms with Crippen LogP contribution >= 0.6 is 0 Å². The first-order valence-electron chi connectivity index (χ1n) is 8.12. The van der Waals surface area contributed by atoms with E-state index < -0.39 is 0 Å². The molecule has 0 spiro atoms. The van der Waals surface area contributed by atoms with Gasteiger partial charge in [0.1, 0.15) is 5.82 Å². The maximum Gasteiger partial charge on any atom is 0.238 e. The summed E-state index contributed by atoms with van der Waals surface area (Å²) in [5, 5.41) is 3.85. The summed E-state index contributed by atoms with van der Waals surface area (Å²) in [6.45, 7) is 0.711. The van der Waals surface area contributed by atoms with Gasteiger partial charge < -0.3 is 13.8 Å². The number of rotatable bonds is 5. The predicted molar refractivity (Wildman–Crippen MR) is 85.8 cm³/mol. The van der Waals surface area contributed by atoms with Crippen molar-refractivity contribution < 1.29 is 18.1 Å². The molecule has 1 unspecified atom stereocenters. The van der Waals surface area contributed by atoms with Gasteiger partial charge in [-0.3, -0.25) is 4.79 Å². The summed E-state index contributed by atoms with van der Waals surface area (Å²) in [7, 11) is 0.